The predicted octanol–water partition coefficient (Wildman–Crippen LogP) is 2.71. The maximum atomic E-state index is 13.2. The first-order chi connectivity index (χ1) is 17.2. The Balaban J connectivity index is 1.18. The molecule has 4 aliphatic rings. The van der Waals surface area contributed by atoms with Crippen molar-refractivity contribution in [1.29, 1.82) is 0 Å². The Hall–Kier alpha value is -2.56. The number of nitrogens with zero attached hydrogens (tertiary/aromatic N) is 3. The molecule has 6 rings (SSSR count). The molecule has 2 aliphatic heterocycles. The number of aliphatic hydroxyl groups excluding tert-OH is 1. The molecule has 1 aromatic heterocycles. The number of β-amino-alcohol motifs (C(OH)–C–C–N with tert-alkyl or cyclic N) is 1. The Morgan fingerprint density at radius 2 is 1.86 bits per heavy atom. The van der Waals surface area contributed by atoms with Crippen molar-refractivity contribution in [3.05, 3.63) is 41.4 Å². The summed E-state index contributed by atoms with van der Waals surface area (Å²) in [6.07, 6.45) is 4.64. The number of anilines is 2. The molecule has 2 aromatic rings. The van der Waals surface area contributed by atoms with Gasteiger partial charge in [-0.3, -0.25) is 4.79 Å². The third kappa shape index (κ3) is 4.18. The van der Waals surface area contributed by atoms with E-state index in [1.54, 1.807) is 18.2 Å². The monoisotopic (exact) mass is 532 g/mol. The summed E-state index contributed by atoms with van der Waals surface area (Å²) in [6.45, 7) is 2.85. The molecular weight excluding hydrogens is 504 g/mol. The second-order valence-electron chi connectivity index (χ2n) is 10.6. The lowest BCUT2D eigenvalue weighted by Gasteiger charge is -2.57. The second kappa shape index (κ2) is 8.49. The Kier molecular flexibility index (Phi) is 5.62. The van der Waals surface area contributed by atoms with Crippen LogP contribution in [0.3, 0.4) is 0 Å². The SMILES string of the molecule is O=C(NS(=O)(=O)c1cccc(N2CC[C@H](O)C2)n1)C1(Oc2c(Cl)cccc2N2CC3(CCC3)C2)CC1. The largest absolute Gasteiger partial charge is 0.474 e. The molecule has 2 N–H and O–H groups in total. The fourth-order valence-corrected chi connectivity index (χ4v) is 6.62. The standard InChI is InChI=1S/C25H29ClN4O5S/c26-18-4-1-5-19(30-15-24(16-30)9-3-10-24)22(18)35-25(11-12-25)23(32)28-36(33,34)21-7-2-6-20(27-21)29-13-8-17(31)14-29/h1-2,4-7,17,31H,3,8-16H2,(H,28,32)/t17-/m0/s1. The molecule has 1 atom stereocenters. The zero-order chi connectivity index (χ0) is 25.1. The highest BCUT2D eigenvalue weighted by atomic mass is 35.5. The minimum Gasteiger partial charge on any atom is -0.474 e. The zero-order valence-electron chi connectivity index (χ0n) is 19.8. The third-order valence-corrected chi connectivity index (χ3v) is 9.40. The highest BCUT2D eigenvalue weighted by Gasteiger charge is 2.55. The van der Waals surface area contributed by atoms with Gasteiger partial charge in [0.15, 0.2) is 16.4 Å². The molecule has 4 fully saturated rings. The van der Waals surface area contributed by atoms with Crippen molar-refractivity contribution in [2.24, 2.45) is 5.41 Å². The highest BCUT2D eigenvalue weighted by Crippen LogP contribution is 2.53. The van der Waals surface area contributed by atoms with Crippen molar-refractivity contribution in [3.8, 4) is 5.75 Å². The van der Waals surface area contributed by atoms with Crippen molar-refractivity contribution in [2.45, 2.75) is 55.3 Å². The van der Waals surface area contributed by atoms with Crippen molar-refractivity contribution >= 4 is 39.0 Å². The van der Waals surface area contributed by atoms with Gasteiger partial charge in [0.1, 0.15) is 5.82 Å². The van der Waals surface area contributed by atoms with Gasteiger partial charge in [0, 0.05) is 44.4 Å². The van der Waals surface area contributed by atoms with Crippen molar-refractivity contribution < 1.29 is 23.1 Å². The lowest BCUT2D eigenvalue weighted by atomic mass is 9.63. The number of para-hydroxylation sites is 1. The van der Waals surface area contributed by atoms with Gasteiger partial charge >= 0.3 is 0 Å². The lowest BCUT2D eigenvalue weighted by molar-refractivity contribution is -0.127. The van der Waals surface area contributed by atoms with Crippen LogP contribution in [0.25, 0.3) is 0 Å². The lowest BCUT2D eigenvalue weighted by Crippen LogP contribution is -2.60. The van der Waals surface area contributed by atoms with Crippen LogP contribution in [-0.4, -0.2) is 62.3 Å². The summed E-state index contributed by atoms with van der Waals surface area (Å²) in [6, 6.07) is 10.1. The zero-order valence-corrected chi connectivity index (χ0v) is 21.4. The number of hydrogen-bond acceptors (Lipinski definition) is 8. The number of aliphatic hydroxyl groups is 1. The number of ether oxygens (including phenoxy) is 1. The molecule has 11 heteroatoms. The van der Waals surface area contributed by atoms with Crippen LogP contribution in [-0.2, 0) is 14.8 Å². The highest BCUT2D eigenvalue weighted by molar-refractivity contribution is 7.90. The van der Waals surface area contributed by atoms with Gasteiger partial charge in [-0.05, 0) is 43.5 Å². The number of halogens is 1. The molecule has 2 saturated heterocycles. The van der Waals surface area contributed by atoms with Crippen molar-refractivity contribution in [3.63, 3.8) is 0 Å². The number of pyridine rings is 1. The van der Waals surface area contributed by atoms with Gasteiger partial charge in [-0.25, -0.2) is 9.71 Å². The average Bonchev–Trinajstić information content (AvgIpc) is 3.45. The normalized spacial score (nSPS) is 23.7. The molecule has 3 heterocycles. The molecule has 0 radical (unpaired) electrons. The second-order valence-corrected chi connectivity index (χ2v) is 12.6. The summed E-state index contributed by atoms with van der Waals surface area (Å²) in [4.78, 5) is 21.5. The number of rotatable bonds is 7. The van der Waals surface area contributed by atoms with E-state index in [2.05, 4.69) is 14.6 Å². The minimum atomic E-state index is -4.22. The van der Waals surface area contributed by atoms with Crippen LogP contribution in [0, 0.1) is 5.41 Å². The van der Waals surface area contributed by atoms with E-state index in [9.17, 15) is 18.3 Å². The number of sulfonamides is 1. The number of benzene rings is 1. The van der Waals surface area contributed by atoms with E-state index < -0.39 is 27.6 Å². The van der Waals surface area contributed by atoms with E-state index in [1.807, 2.05) is 17.0 Å². The van der Waals surface area contributed by atoms with Crippen molar-refractivity contribution in [2.75, 3.05) is 36.0 Å². The summed E-state index contributed by atoms with van der Waals surface area (Å²) < 4.78 is 34.5. The first-order valence-electron chi connectivity index (χ1n) is 12.4. The molecule has 2 saturated carbocycles. The quantitative estimate of drug-likeness (QED) is 0.560. The smallest absolute Gasteiger partial charge is 0.281 e. The molecule has 9 nitrogen and oxygen atoms in total. The van der Waals surface area contributed by atoms with Crippen molar-refractivity contribution in [1.82, 2.24) is 9.71 Å². The van der Waals surface area contributed by atoms with Gasteiger partial charge < -0.3 is 19.6 Å². The van der Waals surface area contributed by atoms with Gasteiger partial charge in [-0.2, -0.15) is 8.42 Å². The summed E-state index contributed by atoms with van der Waals surface area (Å²) in [5, 5.41) is 9.93. The van der Waals surface area contributed by atoms with Gasteiger partial charge in [0.2, 0.25) is 0 Å². The molecule has 1 spiro atoms. The van der Waals surface area contributed by atoms with Crippen LogP contribution in [0.5, 0.6) is 5.75 Å². The molecule has 0 unspecified atom stereocenters. The van der Waals surface area contributed by atoms with Gasteiger partial charge in [0.25, 0.3) is 15.9 Å². The van der Waals surface area contributed by atoms with E-state index in [-0.39, 0.29) is 5.03 Å². The van der Waals surface area contributed by atoms with Gasteiger partial charge in [-0.1, -0.05) is 30.2 Å². The number of carbonyl (C=O) groups excluding carboxylic acids is 1. The fraction of sp³-hybridized carbons (Fsp3) is 0.520. The third-order valence-electron chi connectivity index (χ3n) is 7.87. The summed E-state index contributed by atoms with van der Waals surface area (Å²) in [5.41, 5.74) is -0.0522. The van der Waals surface area contributed by atoms with E-state index in [0.29, 0.717) is 54.4 Å². The Morgan fingerprint density at radius 1 is 1.11 bits per heavy atom. The molecule has 0 bridgehead atoms. The number of aromatic nitrogens is 1. The first kappa shape index (κ1) is 23.8. The summed E-state index contributed by atoms with van der Waals surface area (Å²) in [7, 11) is -4.22. The topological polar surface area (TPSA) is 112 Å². The van der Waals surface area contributed by atoms with Crippen LogP contribution in [0.1, 0.15) is 38.5 Å². The van der Waals surface area contributed by atoms with E-state index >= 15 is 0 Å². The molecular formula is C25H29ClN4O5S. The Bertz CT molecular complexity index is 1300. The summed E-state index contributed by atoms with van der Waals surface area (Å²) >= 11 is 6.50. The molecule has 1 amide bonds. The van der Waals surface area contributed by atoms with E-state index in [1.165, 1.54) is 25.3 Å². The van der Waals surface area contributed by atoms with Gasteiger partial charge in [0.05, 0.1) is 16.8 Å². The number of hydrogen-bond donors (Lipinski definition) is 2. The molecule has 1 aromatic carbocycles. The Morgan fingerprint density at radius 3 is 2.50 bits per heavy atom. The Labute approximate surface area is 215 Å². The van der Waals surface area contributed by atoms with Gasteiger partial charge in [-0.15, -0.1) is 0 Å². The van der Waals surface area contributed by atoms with E-state index in [4.69, 9.17) is 16.3 Å². The first-order valence-corrected chi connectivity index (χ1v) is 14.2. The number of carbonyl (C=O) groups is 1. The maximum Gasteiger partial charge on any atom is 0.281 e. The van der Waals surface area contributed by atoms with Crippen LogP contribution in [0.2, 0.25) is 5.02 Å². The van der Waals surface area contributed by atoms with Crippen LogP contribution >= 0.6 is 11.6 Å². The van der Waals surface area contributed by atoms with Crippen LogP contribution < -0.4 is 19.3 Å². The van der Waals surface area contributed by atoms with Crippen LogP contribution in [0.15, 0.2) is 41.4 Å². The van der Waals surface area contributed by atoms with Crippen LogP contribution in [0.4, 0.5) is 11.5 Å². The number of nitrogens with one attached hydrogen (secondary N) is 1. The van der Waals surface area contributed by atoms with E-state index in [0.717, 1.165) is 18.8 Å². The molecule has 2 aliphatic carbocycles. The minimum absolute atomic E-state index is 0.254. The summed E-state index contributed by atoms with van der Waals surface area (Å²) in [5.74, 6) is 0.140. The maximum absolute atomic E-state index is 13.2. The molecule has 192 valence electrons. The number of amides is 1. The average molecular weight is 533 g/mol. The molecule has 36 heavy (non-hydrogen) atoms. The fourth-order valence-electron chi connectivity index (χ4n) is 5.41. The predicted molar refractivity (Wildman–Crippen MR) is 135 cm³/mol.